The lowest BCUT2D eigenvalue weighted by molar-refractivity contribution is 0.562. The van der Waals surface area contributed by atoms with Crippen LogP contribution in [0.25, 0.3) is 0 Å². The van der Waals surface area contributed by atoms with Crippen LogP contribution in [0.1, 0.15) is 31.9 Å². The number of hydrogen-bond donors (Lipinski definition) is 0. The van der Waals surface area contributed by atoms with Crippen LogP contribution < -0.4 is 0 Å². The predicted octanol–water partition coefficient (Wildman–Crippen LogP) is 3.53. The molecule has 0 aliphatic carbocycles. The van der Waals surface area contributed by atoms with E-state index < -0.39 is 11.4 Å². The minimum Gasteiger partial charge on any atom is -0.591 e. The van der Waals surface area contributed by atoms with Gasteiger partial charge in [0.25, 0.3) is 0 Å². The maximum atomic E-state index is 11.7. The van der Waals surface area contributed by atoms with Crippen LogP contribution >= 0.6 is 11.6 Å². The number of halogens is 1. The summed E-state index contributed by atoms with van der Waals surface area (Å²) < 4.78 is 15.4. The molecule has 0 aliphatic rings. The molecule has 0 amide bonds. The number of nitrogens with zero attached hydrogens (tertiary/aromatic N) is 1. The molecule has 16 heavy (non-hydrogen) atoms. The van der Waals surface area contributed by atoms with Crippen LogP contribution in [0.3, 0.4) is 0 Å². The lowest BCUT2D eigenvalue weighted by Crippen LogP contribution is -2.25. The Morgan fingerprint density at radius 1 is 1.38 bits per heavy atom. The van der Waals surface area contributed by atoms with Crippen molar-refractivity contribution in [2.24, 2.45) is 4.40 Å². The normalized spacial score (nSPS) is 14.4. The largest absolute Gasteiger partial charge is 0.591 e. The van der Waals surface area contributed by atoms with E-state index in [1.54, 1.807) is 12.3 Å². The van der Waals surface area contributed by atoms with Crippen molar-refractivity contribution in [2.75, 3.05) is 0 Å². The van der Waals surface area contributed by atoms with E-state index in [4.69, 9.17) is 11.6 Å². The van der Waals surface area contributed by atoms with Gasteiger partial charge in [0.1, 0.15) is 16.1 Å². The maximum Gasteiger partial charge on any atom is 0.144 e. The SMILES string of the molecule is Cc1cc(Cl)ccc1C=N[S+]([O-])C(C)(C)C. The van der Waals surface area contributed by atoms with Crippen molar-refractivity contribution in [3.8, 4) is 0 Å². The van der Waals surface area contributed by atoms with Crippen molar-refractivity contribution in [2.45, 2.75) is 32.4 Å². The first kappa shape index (κ1) is 13.6. The summed E-state index contributed by atoms with van der Waals surface area (Å²) in [6.45, 7) is 7.65. The topological polar surface area (TPSA) is 35.4 Å². The van der Waals surface area contributed by atoms with Gasteiger partial charge in [-0.2, -0.15) is 0 Å². The highest BCUT2D eigenvalue weighted by Gasteiger charge is 2.25. The number of benzene rings is 1. The average molecular weight is 258 g/mol. The molecule has 88 valence electrons. The summed E-state index contributed by atoms with van der Waals surface area (Å²) >= 11 is 4.63. The third-order valence-electron chi connectivity index (χ3n) is 2.04. The quantitative estimate of drug-likeness (QED) is 0.590. The molecule has 0 radical (unpaired) electrons. The second kappa shape index (κ2) is 5.21. The van der Waals surface area contributed by atoms with E-state index in [2.05, 4.69) is 4.40 Å². The van der Waals surface area contributed by atoms with E-state index in [0.717, 1.165) is 11.1 Å². The van der Waals surface area contributed by atoms with Gasteiger partial charge < -0.3 is 4.55 Å². The summed E-state index contributed by atoms with van der Waals surface area (Å²) in [5, 5.41) is 0.701. The van der Waals surface area contributed by atoms with Crippen LogP contribution in [-0.2, 0) is 11.4 Å². The summed E-state index contributed by atoms with van der Waals surface area (Å²) in [6.07, 6.45) is 1.65. The van der Waals surface area contributed by atoms with E-state index in [0.29, 0.717) is 5.02 Å². The van der Waals surface area contributed by atoms with Gasteiger partial charge in [0, 0.05) is 10.6 Å². The lowest BCUT2D eigenvalue weighted by atomic mass is 10.1. The van der Waals surface area contributed by atoms with E-state index >= 15 is 0 Å². The average Bonchev–Trinajstić information content (AvgIpc) is 2.14. The Kier molecular flexibility index (Phi) is 4.42. The summed E-state index contributed by atoms with van der Waals surface area (Å²) in [5.41, 5.74) is 1.98. The number of hydrogen-bond acceptors (Lipinski definition) is 2. The zero-order valence-electron chi connectivity index (χ0n) is 9.95. The van der Waals surface area contributed by atoms with Gasteiger partial charge in [0.2, 0.25) is 0 Å². The van der Waals surface area contributed by atoms with Gasteiger partial charge in [-0.3, -0.25) is 0 Å². The number of aryl methyl sites for hydroxylation is 1. The van der Waals surface area contributed by atoms with E-state index in [9.17, 15) is 4.55 Å². The third-order valence-corrected chi connectivity index (χ3v) is 3.62. The van der Waals surface area contributed by atoms with Crippen molar-refractivity contribution >= 4 is 29.2 Å². The van der Waals surface area contributed by atoms with Gasteiger partial charge in [-0.1, -0.05) is 22.1 Å². The monoisotopic (exact) mass is 257 g/mol. The van der Waals surface area contributed by atoms with Crippen LogP contribution in [0.15, 0.2) is 22.6 Å². The Morgan fingerprint density at radius 2 is 2.00 bits per heavy atom. The smallest absolute Gasteiger partial charge is 0.144 e. The van der Waals surface area contributed by atoms with Crippen molar-refractivity contribution in [1.82, 2.24) is 0 Å². The van der Waals surface area contributed by atoms with Gasteiger partial charge in [-0.25, -0.2) is 0 Å². The molecule has 4 heteroatoms. The van der Waals surface area contributed by atoms with Crippen LogP contribution in [0.2, 0.25) is 5.02 Å². The Bertz CT molecular complexity index is 398. The van der Waals surface area contributed by atoms with E-state index in [-0.39, 0.29) is 4.75 Å². The molecular formula is C12H16ClNOS. The molecule has 0 spiro atoms. The molecule has 0 fully saturated rings. The lowest BCUT2D eigenvalue weighted by Gasteiger charge is -2.17. The second-order valence-corrected chi connectivity index (χ2v) is 6.97. The first-order chi connectivity index (χ1) is 7.30. The number of rotatable bonds is 2. The molecule has 0 aromatic heterocycles. The van der Waals surface area contributed by atoms with Crippen molar-refractivity contribution in [3.05, 3.63) is 34.3 Å². The first-order valence-electron chi connectivity index (χ1n) is 5.03. The van der Waals surface area contributed by atoms with Gasteiger partial charge in [-0.15, -0.1) is 0 Å². The Labute approximate surface area is 105 Å². The molecule has 1 aromatic carbocycles. The molecule has 2 nitrogen and oxygen atoms in total. The molecule has 0 N–H and O–H groups in total. The Balaban J connectivity index is 2.85. The molecule has 1 rings (SSSR count). The summed E-state index contributed by atoms with van der Waals surface area (Å²) in [5.74, 6) is 0. The third kappa shape index (κ3) is 3.81. The molecule has 1 aromatic rings. The first-order valence-corrected chi connectivity index (χ1v) is 6.51. The van der Waals surface area contributed by atoms with Gasteiger partial charge in [0.15, 0.2) is 0 Å². The fourth-order valence-corrected chi connectivity index (χ4v) is 1.80. The van der Waals surface area contributed by atoms with Crippen LogP contribution in [0.5, 0.6) is 0 Å². The Morgan fingerprint density at radius 3 is 2.50 bits per heavy atom. The zero-order valence-corrected chi connectivity index (χ0v) is 11.5. The van der Waals surface area contributed by atoms with Gasteiger partial charge in [0.05, 0.1) is 6.21 Å². The minimum atomic E-state index is -1.21. The van der Waals surface area contributed by atoms with Crippen molar-refractivity contribution < 1.29 is 4.55 Å². The molecular weight excluding hydrogens is 242 g/mol. The standard InChI is InChI=1S/C12H16ClNOS/c1-9-7-11(13)6-5-10(9)8-14-16(15)12(2,3)4/h5-8H,1-4H3. The summed E-state index contributed by atoms with van der Waals surface area (Å²) in [4.78, 5) is 0. The highest BCUT2D eigenvalue weighted by Crippen LogP contribution is 2.18. The molecule has 0 saturated heterocycles. The second-order valence-electron chi connectivity index (χ2n) is 4.60. The maximum absolute atomic E-state index is 11.7. The zero-order chi connectivity index (χ0) is 12.3. The Hall–Kier alpha value is -0.510. The summed E-state index contributed by atoms with van der Waals surface area (Å²) in [7, 11) is 0. The molecule has 0 saturated carbocycles. The van der Waals surface area contributed by atoms with Crippen LogP contribution in [0, 0.1) is 6.92 Å². The molecule has 1 atom stereocenters. The van der Waals surface area contributed by atoms with E-state index in [1.807, 2.05) is 39.8 Å². The van der Waals surface area contributed by atoms with Crippen LogP contribution in [0.4, 0.5) is 0 Å². The minimum absolute atomic E-state index is 0.323. The van der Waals surface area contributed by atoms with E-state index in [1.165, 1.54) is 0 Å². The predicted molar refractivity (Wildman–Crippen MR) is 71.7 cm³/mol. The fraction of sp³-hybridized carbons (Fsp3) is 0.417. The fourth-order valence-electron chi connectivity index (χ4n) is 1.05. The van der Waals surface area contributed by atoms with Crippen molar-refractivity contribution in [3.63, 3.8) is 0 Å². The van der Waals surface area contributed by atoms with Gasteiger partial charge in [-0.05, 0) is 45.4 Å². The molecule has 0 heterocycles. The van der Waals surface area contributed by atoms with Crippen molar-refractivity contribution in [1.29, 1.82) is 0 Å². The highest BCUT2D eigenvalue weighted by molar-refractivity contribution is 7.91. The molecule has 0 bridgehead atoms. The molecule has 0 aliphatic heterocycles. The highest BCUT2D eigenvalue weighted by atomic mass is 35.5. The molecule has 1 unspecified atom stereocenters. The van der Waals surface area contributed by atoms with Gasteiger partial charge >= 0.3 is 0 Å². The summed E-state index contributed by atoms with van der Waals surface area (Å²) in [6, 6.07) is 5.54. The van der Waals surface area contributed by atoms with Crippen LogP contribution in [-0.4, -0.2) is 15.5 Å².